The maximum absolute atomic E-state index is 12.6. The lowest BCUT2D eigenvalue weighted by molar-refractivity contribution is -0.150. The van der Waals surface area contributed by atoms with E-state index in [2.05, 4.69) is 0 Å². The molecule has 6 heteroatoms. The van der Waals surface area contributed by atoms with Crippen LogP contribution in [0.3, 0.4) is 0 Å². The Kier molecular flexibility index (Phi) is 4.06. The highest BCUT2D eigenvalue weighted by Gasteiger charge is 2.44. The van der Waals surface area contributed by atoms with Gasteiger partial charge in [-0.05, 0) is 38.3 Å². The summed E-state index contributed by atoms with van der Waals surface area (Å²) in [6.07, 6.45) is 1.93. The van der Waals surface area contributed by atoms with Gasteiger partial charge in [0.05, 0.1) is 12.7 Å². The van der Waals surface area contributed by atoms with Crippen LogP contribution in [-0.2, 0) is 4.79 Å². The molecule has 1 heterocycles. The largest absolute Gasteiger partial charge is 0.507 e. The number of phenolic OH excluding ortho intramolecular Hbond substituents is 1. The molecule has 1 saturated heterocycles. The molecule has 0 aliphatic carbocycles. The van der Waals surface area contributed by atoms with Gasteiger partial charge in [-0.15, -0.1) is 0 Å². The Morgan fingerprint density at radius 2 is 2.05 bits per heavy atom. The fourth-order valence-electron chi connectivity index (χ4n) is 2.63. The Bertz CT molecular complexity index is 571. The van der Waals surface area contributed by atoms with Gasteiger partial charge >= 0.3 is 5.97 Å². The van der Waals surface area contributed by atoms with Crippen LogP contribution in [0, 0.1) is 0 Å². The van der Waals surface area contributed by atoms with Gasteiger partial charge in [0, 0.05) is 12.6 Å². The van der Waals surface area contributed by atoms with Crippen molar-refractivity contribution < 1.29 is 24.5 Å². The normalized spacial score (nSPS) is 21.9. The summed E-state index contributed by atoms with van der Waals surface area (Å²) < 4.78 is 4.98. The minimum atomic E-state index is -1.23. The number of carbonyl (C=O) groups is 2. The SMILES string of the molecule is COc1ccc(C(=O)N2CCCCC2(C)C(=O)O)c(O)c1. The first-order valence-electron chi connectivity index (χ1n) is 6.82. The molecule has 1 aromatic carbocycles. The van der Waals surface area contributed by atoms with Crippen LogP contribution in [0.1, 0.15) is 36.5 Å². The molecule has 2 N–H and O–H groups in total. The monoisotopic (exact) mass is 293 g/mol. The van der Waals surface area contributed by atoms with E-state index in [1.54, 1.807) is 13.0 Å². The van der Waals surface area contributed by atoms with E-state index in [-0.39, 0.29) is 11.3 Å². The summed E-state index contributed by atoms with van der Waals surface area (Å²) in [4.78, 5) is 25.5. The fourth-order valence-corrected chi connectivity index (χ4v) is 2.63. The number of likely N-dealkylation sites (tertiary alicyclic amines) is 1. The van der Waals surface area contributed by atoms with E-state index in [0.717, 1.165) is 12.8 Å². The van der Waals surface area contributed by atoms with E-state index in [0.29, 0.717) is 18.7 Å². The third-order valence-corrected chi connectivity index (χ3v) is 4.03. The number of amides is 1. The summed E-state index contributed by atoms with van der Waals surface area (Å²) in [6.45, 7) is 1.92. The second-order valence-corrected chi connectivity index (χ2v) is 5.38. The number of benzene rings is 1. The first-order chi connectivity index (χ1) is 9.90. The van der Waals surface area contributed by atoms with Gasteiger partial charge in [-0.1, -0.05) is 0 Å². The summed E-state index contributed by atoms with van der Waals surface area (Å²) in [6, 6.07) is 4.36. The predicted molar refractivity (Wildman–Crippen MR) is 75.6 cm³/mol. The number of nitrogens with zero attached hydrogens (tertiary/aromatic N) is 1. The molecule has 114 valence electrons. The molecule has 2 rings (SSSR count). The summed E-state index contributed by atoms with van der Waals surface area (Å²) in [5.74, 6) is -1.27. The molecule has 1 aliphatic heterocycles. The van der Waals surface area contributed by atoms with Crippen molar-refractivity contribution in [3.63, 3.8) is 0 Å². The van der Waals surface area contributed by atoms with Gasteiger partial charge in [-0.2, -0.15) is 0 Å². The molecule has 0 spiro atoms. The van der Waals surface area contributed by atoms with Crippen molar-refractivity contribution in [2.75, 3.05) is 13.7 Å². The highest BCUT2D eigenvalue weighted by Crippen LogP contribution is 2.32. The number of carboxylic acids is 1. The fraction of sp³-hybridized carbons (Fsp3) is 0.467. The van der Waals surface area contributed by atoms with Crippen LogP contribution in [0.2, 0.25) is 0 Å². The molecule has 1 atom stereocenters. The van der Waals surface area contributed by atoms with E-state index in [1.807, 2.05) is 0 Å². The van der Waals surface area contributed by atoms with Gasteiger partial charge in [-0.25, -0.2) is 4.79 Å². The molecule has 6 nitrogen and oxygen atoms in total. The Balaban J connectivity index is 2.36. The lowest BCUT2D eigenvalue weighted by atomic mass is 9.87. The number of aromatic hydroxyl groups is 1. The van der Waals surface area contributed by atoms with E-state index in [4.69, 9.17) is 4.74 Å². The summed E-state index contributed by atoms with van der Waals surface area (Å²) in [5.41, 5.74) is -1.15. The molecule has 1 amide bonds. The Labute approximate surface area is 122 Å². The number of phenols is 1. The molecular weight excluding hydrogens is 274 g/mol. The van der Waals surface area contributed by atoms with Crippen molar-refractivity contribution in [3.8, 4) is 11.5 Å². The number of aliphatic carboxylic acids is 1. The van der Waals surface area contributed by atoms with E-state index in [1.165, 1.54) is 24.1 Å². The van der Waals surface area contributed by atoms with Crippen molar-refractivity contribution in [1.82, 2.24) is 4.90 Å². The zero-order valence-electron chi connectivity index (χ0n) is 12.1. The number of methoxy groups -OCH3 is 1. The number of rotatable bonds is 3. The third kappa shape index (κ3) is 2.66. The van der Waals surface area contributed by atoms with Crippen LogP contribution in [0.5, 0.6) is 11.5 Å². The van der Waals surface area contributed by atoms with Crippen molar-refractivity contribution in [3.05, 3.63) is 23.8 Å². The van der Waals surface area contributed by atoms with Gasteiger partial charge in [0.25, 0.3) is 5.91 Å². The van der Waals surface area contributed by atoms with Crippen molar-refractivity contribution in [2.24, 2.45) is 0 Å². The Morgan fingerprint density at radius 1 is 1.33 bits per heavy atom. The Morgan fingerprint density at radius 3 is 2.62 bits per heavy atom. The smallest absolute Gasteiger partial charge is 0.329 e. The minimum absolute atomic E-state index is 0.0881. The van der Waals surface area contributed by atoms with Gasteiger partial charge in [0.1, 0.15) is 17.0 Å². The van der Waals surface area contributed by atoms with Gasteiger partial charge in [0.15, 0.2) is 0 Å². The van der Waals surface area contributed by atoms with Crippen molar-refractivity contribution in [1.29, 1.82) is 0 Å². The molecule has 21 heavy (non-hydrogen) atoms. The molecule has 0 bridgehead atoms. The van der Waals surface area contributed by atoms with Crippen LogP contribution in [0.4, 0.5) is 0 Å². The number of carboxylic acid groups (broad SMARTS) is 1. The molecule has 1 aliphatic rings. The topological polar surface area (TPSA) is 87.1 Å². The second kappa shape index (κ2) is 5.63. The van der Waals surface area contributed by atoms with Crippen LogP contribution in [0.25, 0.3) is 0 Å². The minimum Gasteiger partial charge on any atom is -0.507 e. The number of carbonyl (C=O) groups excluding carboxylic acids is 1. The number of ether oxygens (including phenoxy) is 1. The maximum atomic E-state index is 12.6. The van der Waals surface area contributed by atoms with Crippen LogP contribution < -0.4 is 4.74 Å². The molecule has 0 saturated carbocycles. The van der Waals surface area contributed by atoms with Crippen molar-refractivity contribution in [2.45, 2.75) is 31.7 Å². The zero-order valence-corrected chi connectivity index (χ0v) is 12.1. The highest BCUT2D eigenvalue weighted by atomic mass is 16.5. The first-order valence-corrected chi connectivity index (χ1v) is 6.82. The van der Waals surface area contributed by atoms with Crippen LogP contribution >= 0.6 is 0 Å². The van der Waals surface area contributed by atoms with E-state index >= 15 is 0 Å². The van der Waals surface area contributed by atoms with Crippen LogP contribution in [0.15, 0.2) is 18.2 Å². The summed E-state index contributed by atoms with van der Waals surface area (Å²) in [7, 11) is 1.46. The van der Waals surface area contributed by atoms with Gasteiger partial charge in [0.2, 0.25) is 0 Å². The van der Waals surface area contributed by atoms with Gasteiger partial charge in [-0.3, -0.25) is 4.79 Å². The second-order valence-electron chi connectivity index (χ2n) is 5.38. The molecule has 0 radical (unpaired) electrons. The number of hydrogen-bond donors (Lipinski definition) is 2. The average Bonchev–Trinajstić information content (AvgIpc) is 2.46. The molecular formula is C15H19NO5. The zero-order chi connectivity index (χ0) is 15.6. The maximum Gasteiger partial charge on any atom is 0.329 e. The number of piperidine rings is 1. The Hall–Kier alpha value is -2.24. The first kappa shape index (κ1) is 15.2. The lowest BCUT2D eigenvalue weighted by Gasteiger charge is -2.41. The van der Waals surface area contributed by atoms with E-state index < -0.39 is 17.4 Å². The quantitative estimate of drug-likeness (QED) is 0.888. The predicted octanol–water partition coefficient (Wildman–Crippen LogP) is 1.87. The van der Waals surface area contributed by atoms with Crippen LogP contribution in [-0.4, -0.2) is 46.2 Å². The molecule has 0 aromatic heterocycles. The molecule has 1 unspecified atom stereocenters. The molecule has 1 aromatic rings. The standard InChI is InChI=1S/C15H19NO5/c1-15(14(19)20)7-3-4-8-16(15)13(18)11-6-5-10(21-2)9-12(11)17/h5-6,9,17H,3-4,7-8H2,1-2H3,(H,19,20). The molecule has 1 fully saturated rings. The summed E-state index contributed by atoms with van der Waals surface area (Å²) >= 11 is 0. The lowest BCUT2D eigenvalue weighted by Crippen LogP contribution is -2.57. The van der Waals surface area contributed by atoms with Gasteiger partial charge < -0.3 is 19.8 Å². The number of hydrogen-bond acceptors (Lipinski definition) is 4. The third-order valence-electron chi connectivity index (χ3n) is 4.03. The van der Waals surface area contributed by atoms with Crippen molar-refractivity contribution >= 4 is 11.9 Å². The van der Waals surface area contributed by atoms with E-state index in [9.17, 15) is 19.8 Å². The highest BCUT2D eigenvalue weighted by molar-refractivity contribution is 6.00. The summed E-state index contributed by atoms with van der Waals surface area (Å²) in [5, 5.41) is 19.4. The average molecular weight is 293 g/mol.